The van der Waals surface area contributed by atoms with Crippen LogP contribution in [-0.2, 0) is 9.47 Å². The third-order valence-corrected chi connectivity index (χ3v) is 1.62. The molecule has 10 heavy (non-hydrogen) atoms. The van der Waals surface area contributed by atoms with E-state index < -0.39 is 0 Å². The molecule has 1 unspecified atom stereocenters. The molecule has 0 spiro atoms. The molecule has 0 saturated carbocycles. The van der Waals surface area contributed by atoms with Gasteiger partial charge in [-0.05, 0) is 13.3 Å². The van der Waals surface area contributed by atoms with Crippen LogP contribution in [0.2, 0.25) is 0 Å². The van der Waals surface area contributed by atoms with Crippen LogP contribution in [0, 0.1) is 0 Å². The summed E-state index contributed by atoms with van der Waals surface area (Å²) in [4.78, 5) is 0. The first-order chi connectivity index (χ1) is 4.77. The predicted octanol–water partition coefficient (Wildman–Crippen LogP) is 1.59. The van der Waals surface area contributed by atoms with Gasteiger partial charge in [0.1, 0.15) is 0 Å². The quantitative estimate of drug-likeness (QED) is 0.550. The Balaban J connectivity index is 0.000000138. The Hall–Kier alpha value is -0.0800. The molecule has 0 aliphatic carbocycles. The highest BCUT2D eigenvalue weighted by molar-refractivity contribution is 4.85. The van der Waals surface area contributed by atoms with E-state index in [2.05, 4.69) is 18.6 Å². The minimum absolute atomic E-state index is 0.300. The molecule has 2 fully saturated rings. The standard InChI is InChI=1S/C6H12O.C2H4O/c1-3-4-6(2)5-7-6;1-2-3-1/h3-5H2,1-2H3;1-2H2. The Kier molecular flexibility index (Phi) is 2.69. The fourth-order valence-electron chi connectivity index (χ4n) is 0.796. The summed E-state index contributed by atoms with van der Waals surface area (Å²) in [5, 5.41) is 0. The topological polar surface area (TPSA) is 25.1 Å². The molecule has 0 N–H and O–H groups in total. The van der Waals surface area contributed by atoms with Crippen molar-refractivity contribution in [3.8, 4) is 0 Å². The molecule has 0 aromatic carbocycles. The number of hydrogen-bond donors (Lipinski definition) is 0. The van der Waals surface area contributed by atoms with Crippen molar-refractivity contribution in [2.24, 2.45) is 0 Å². The SMILES string of the molecule is C1CO1.CCCC1(C)CO1. The van der Waals surface area contributed by atoms with Crippen LogP contribution in [0.4, 0.5) is 0 Å². The van der Waals surface area contributed by atoms with E-state index in [1.54, 1.807) is 0 Å². The van der Waals surface area contributed by atoms with Crippen molar-refractivity contribution in [2.75, 3.05) is 19.8 Å². The first-order valence-electron chi connectivity index (χ1n) is 3.98. The summed E-state index contributed by atoms with van der Waals surface area (Å²) in [6, 6.07) is 0. The normalized spacial score (nSPS) is 34.2. The molecular weight excluding hydrogens is 128 g/mol. The molecule has 0 aromatic rings. The predicted molar refractivity (Wildman–Crippen MR) is 40.1 cm³/mol. The minimum Gasteiger partial charge on any atom is -0.377 e. The van der Waals surface area contributed by atoms with Gasteiger partial charge in [0.25, 0.3) is 0 Å². The second kappa shape index (κ2) is 3.35. The zero-order valence-electron chi connectivity index (χ0n) is 6.85. The van der Waals surface area contributed by atoms with Crippen molar-refractivity contribution in [2.45, 2.75) is 32.3 Å². The van der Waals surface area contributed by atoms with Crippen LogP contribution < -0.4 is 0 Å². The smallest absolute Gasteiger partial charge is 0.0888 e. The van der Waals surface area contributed by atoms with Crippen molar-refractivity contribution in [1.29, 1.82) is 0 Å². The number of epoxide rings is 2. The molecule has 0 amide bonds. The zero-order chi connectivity index (χ0) is 7.45. The average Bonchev–Trinajstić information content (AvgIpc) is 2.59. The Morgan fingerprint density at radius 1 is 1.40 bits per heavy atom. The fraction of sp³-hybridized carbons (Fsp3) is 1.00. The van der Waals surface area contributed by atoms with E-state index in [9.17, 15) is 0 Å². The molecule has 0 bridgehead atoms. The van der Waals surface area contributed by atoms with Gasteiger partial charge < -0.3 is 9.47 Å². The van der Waals surface area contributed by atoms with Crippen LogP contribution in [-0.4, -0.2) is 25.4 Å². The van der Waals surface area contributed by atoms with Gasteiger partial charge in [-0.15, -0.1) is 0 Å². The first-order valence-corrected chi connectivity index (χ1v) is 3.98. The largest absolute Gasteiger partial charge is 0.377 e. The summed E-state index contributed by atoms with van der Waals surface area (Å²) in [6.45, 7) is 7.34. The van der Waals surface area contributed by atoms with E-state index in [0.717, 1.165) is 19.8 Å². The molecule has 0 aromatic heterocycles. The summed E-state index contributed by atoms with van der Waals surface area (Å²) >= 11 is 0. The molecule has 2 aliphatic heterocycles. The van der Waals surface area contributed by atoms with Gasteiger partial charge in [0.05, 0.1) is 25.4 Å². The molecule has 2 heteroatoms. The van der Waals surface area contributed by atoms with Crippen LogP contribution in [0.25, 0.3) is 0 Å². The fourth-order valence-corrected chi connectivity index (χ4v) is 0.796. The third kappa shape index (κ3) is 3.85. The summed E-state index contributed by atoms with van der Waals surface area (Å²) in [6.07, 6.45) is 2.48. The Morgan fingerprint density at radius 2 is 1.90 bits per heavy atom. The van der Waals surface area contributed by atoms with E-state index >= 15 is 0 Å². The molecule has 2 aliphatic rings. The molecule has 60 valence electrons. The molecule has 2 heterocycles. The maximum atomic E-state index is 5.14. The third-order valence-electron chi connectivity index (χ3n) is 1.62. The summed E-state index contributed by atoms with van der Waals surface area (Å²) in [5.74, 6) is 0. The van der Waals surface area contributed by atoms with Crippen molar-refractivity contribution >= 4 is 0 Å². The number of hydrogen-bond acceptors (Lipinski definition) is 2. The Labute approximate surface area is 62.5 Å². The Bertz CT molecular complexity index is 92.7. The van der Waals surface area contributed by atoms with E-state index in [-0.39, 0.29) is 0 Å². The second-order valence-corrected chi connectivity index (χ2v) is 3.10. The van der Waals surface area contributed by atoms with Crippen LogP contribution in [0.3, 0.4) is 0 Å². The molecule has 2 saturated heterocycles. The Morgan fingerprint density at radius 3 is 2.00 bits per heavy atom. The number of rotatable bonds is 2. The van der Waals surface area contributed by atoms with Gasteiger partial charge in [0.15, 0.2) is 0 Å². The van der Waals surface area contributed by atoms with Crippen LogP contribution in [0.1, 0.15) is 26.7 Å². The summed E-state index contributed by atoms with van der Waals surface area (Å²) < 4.78 is 9.64. The second-order valence-electron chi connectivity index (χ2n) is 3.10. The van der Waals surface area contributed by atoms with Gasteiger partial charge in [-0.2, -0.15) is 0 Å². The molecule has 2 nitrogen and oxygen atoms in total. The van der Waals surface area contributed by atoms with Gasteiger partial charge in [-0.1, -0.05) is 13.3 Å². The van der Waals surface area contributed by atoms with Crippen LogP contribution in [0.5, 0.6) is 0 Å². The van der Waals surface area contributed by atoms with Gasteiger partial charge >= 0.3 is 0 Å². The maximum Gasteiger partial charge on any atom is 0.0888 e. The van der Waals surface area contributed by atoms with Gasteiger partial charge in [0, 0.05) is 0 Å². The van der Waals surface area contributed by atoms with Gasteiger partial charge in [-0.3, -0.25) is 0 Å². The van der Waals surface area contributed by atoms with Gasteiger partial charge in [-0.25, -0.2) is 0 Å². The van der Waals surface area contributed by atoms with E-state index in [0.29, 0.717) is 5.60 Å². The number of ether oxygens (including phenoxy) is 2. The van der Waals surface area contributed by atoms with Crippen molar-refractivity contribution in [3.05, 3.63) is 0 Å². The van der Waals surface area contributed by atoms with Gasteiger partial charge in [0.2, 0.25) is 0 Å². The lowest BCUT2D eigenvalue weighted by atomic mass is 10.1. The highest BCUT2D eigenvalue weighted by Gasteiger charge is 2.37. The van der Waals surface area contributed by atoms with E-state index in [1.807, 2.05) is 0 Å². The lowest BCUT2D eigenvalue weighted by molar-refractivity contribution is 0.307. The molecular formula is C8H16O2. The first kappa shape index (κ1) is 8.02. The zero-order valence-corrected chi connectivity index (χ0v) is 6.85. The highest BCUT2D eigenvalue weighted by atomic mass is 16.6. The monoisotopic (exact) mass is 144 g/mol. The van der Waals surface area contributed by atoms with Crippen LogP contribution in [0.15, 0.2) is 0 Å². The minimum atomic E-state index is 0.300. The van der Waals surface area contributed by atoms with E-state index in [4.69, 9.17) is 4.74 Å². The van der Waals surface area contributed by atoms with Crippen molar-refractivity contribution in [3.63, 3.8) is 0 Å². The molecule has 0 radical (unpaired) electrons. The summed E-state index contributed by atoms with van der Waals surface area (Å²) in [7, 11) is 0. The molecule has 2 rings (SSSR count). The molecule has 1 atom stereocenters. The van der Waals surface area contributed by atoms with Crippen molar-refractivity contribution < 1.29 is 9.47 Å². The van der Waals surface area contributed by atoms with E-state index in [1.165, 1.54) is 12.8 Å². The summed E-state index contributed by atoms with van der Waals surface area (Å²) in [5.41, 5.74) is 0.300. The maximum absolute atomic E-state index is 5.14. The lowest BCUT2D eigenvalue weighted by Crippen LogP contribution is -2.01. The average molecular weight is 144 g/mol. The van der Waals surface area contributed by atoms with Crippen LogP contribution >= 0.6 is 0 Å². The highest BCUT2D eigenvalue weighted by Crippen LogP contribution is 2.30. The lowest BCUT2D eigenvalue weighted by Gasteiger charge is -1.97. The van der Waals surface area contributed by atoms with Crippen molar-refractivity contribution in [1.82, 2.24) is 0 Å².